The van der Waals surface area contributed by atoms with E-state index < -0.39 is 0 Å². The van der Waals surface area contributed by atoms with Crippen LogP contribution in [0.5, 0.6) is 11.5 Å². The lowest BCUT2D eigenvalue weighted by Gasteiger charge is -2.34. The molecule has 2 heterocycles. The third-order valence-corrected chi connectivity index (χ3v) is 5.06. The van der Waals surface area contributed by atoms with Gasteiger partial charge in [-0.2, -0.15) is 5.10 Å². The molecule has 1 amide bonds. The van der Waals surface area contributed by atoms with Gasteiger partial charge in [-0.05, 0) is 32.0 Å². The molecule has 1 fully saturated rings. The van der Waals surface area contributed by atoms with E-state index in [0.29, 0.717) is 30.2 Å². The van der Waals surface area contributed by atoms with Crippen LogP contribution in [0.15, 0.2) is 24.4 Å². The molecule has 146 valence electrons. The number of rotatable bonds is 6. The molecular weight excluding hydrogens is 344 g/mol. The number of piperazine rings is 1. The first-order valence-corrected chi connectivity index (χ1v) is 9.32. The van der Waals surface area contributed by atoms with Gasteiger partial charge in [-0.25, -0.2) is 0 Å². The van der Waals surface area contributed by atoms with Crippen molar-refractivity contribution >= 4 is 5.91 Å². The van der Waals surface area contributed by atoms with Crippen molar-refractivity contribution in [3.05, 3.63) is 41.2 Å². The minimum Gasteiger partial charge on any atom is -0.493 e. The summed E-state index contributed by atoms with van der Waals surface area (Å²) >= 11 is 0. The zero-order valence-electron chi connectivity index (χ0n) is 16.6. The van der Waals surface area contributed by atoms with Crippen LogP contribution in [-0.4, -0.2) is 65.9 Å². The molecule has 0 N–H and O–H groups in total. The van der Waals surface area contributed by atoms with E-state index in [1.807, 2.05) is 9.58 Å². The normalized spacial score (nSPS) is 15.0. The standard InChI is InChI=1S/C20H28N4O3/c1-5-24-14-17(15(2)21-24)13-22-8-10-23(11-9-22)20(25)16-6-7-18(26-3)19(12-16)27-4/h6-7,12,14H,5,8-11,13H2,1-4H3. The summed E-state index contributed by atoms with van der Waals surface area (Å²) in [5, 5.41) is 4.51. The number of hydrogen-bond acceptors (Lipinski definition) is 5. The molecule has 2 aromatic rings. The number of ether oxygens (including phenoxy) is 2. The molecule has 0 saturated carbocycles. The molecule has 0 bridgehead atoms. The van der Waals surface area contributed by atoms with Crippen LogP contribution in [-0.2, 0) is 13.1 Å². The summed E-state index contributed by atoms with van der Waals surface area (Å²) in [5.41, 5.74) is 2.97. The Morgan fingerprint density at radius 1 is 1.11 bits per heavy atom. The Hall–Kier alpha value is -2.54. The van der Waals surface area contributed by atoms with Crippen LogP contribution in [0, 0.1) is 6.92 Å². The molecule has 0 spiro atoms. The van der Waals surface area contributed by atoms with Gasteiger partial charge in [0.05, 0.1) is 19.9 Å². The second-order valence-corrected chi connectivity index (χ2v) is 6.73. The van der Waals surface area contributed by atoms with Crippen molar-refractivity contribution in [1.82, 2.24) is 19.6 Å². The lowest BCUT2D eigenvalue weighted by molar-refractivity contribution is 0.0628. The van der Waals surface area contributed by atoms with Crippen molar-refractivity contribution in [3.63, 3.8) is 0 Å². The van der Waals surface area contributed by atoms with Gasteiger partial charge < -0.3 is 14.4 Å². The summed E-state index contributed by atoms with van der Waals surface area (Å²) in [4.78, 5) is 17.1. The van der Waals surface area contributed by atoms with Crippen LogP contribution >= 0.6 is 0 Å². The highest BCUT2D eigenvalue weighted by Crippen LogP contribution is 2.28. The smallest absolute Gasteiger partial charge is 0.254 e. The number of carbonyl (C=O) groups is 1. The molecule has 0 unspecified atom stereocenters. The molecular formula is C20H28N4O3. The van der Waals surface area contributed by atoms with Gasteiger partial charge in [-0.1, -0.05) is 0 Å². The molecule has 7 heteroatoms. The van der Waals surface area contributed by atoms with E-state index in [0.717, 1.165) is 31.9 Å². The number of benzene rings is 1. The second kappa shape index (κ2) is 8.43. The molecule has 0 radical (unpaired) electrons. The summed E-state index contributed by atoms with van der Waals surface area (Å²) < 4.78 is 12.5. The molecule has 0 atom stereocenters. The largest absolute Gasteiger partial charge is 0.493 e. The van der Waals surface area contributed by atoms with E-state index in [4.69, 9.17) is 9.47 Å². The van der Waals surface area contributed by atoms with Gasteiger partial charge in [0.2, 0.25) is 0 Å². The predicted molar refractivity (Wildman–Crippen MR) is 103 cm³/mol. The molecule has 27 heavy (non-hydrogen) atoms. The van der Waals surface area contributed by atoms with Gasteiger partial charge >= 0.3 is 0 Å². The Morgan fingerprint density at radius 3 is 2.41 bits per heavy atom. The fourth-order valence-electron chi connectivity index (χ4n) is 3.38. The first-order valence-electron chi connectivity index (χ1n) is 9.32. The molecule has 7 nitrogen and oxygen atoms in total. The van der Waals surface area contributed by atoms with Crippen molar-refractivity contribution in [2.75, 3.05) is 40.4 Å². The Morgan fingerprint density at radius 2 is 1.81 bits per heavy atom. The van der Waals surface area contributed by atoms with Crippen LogP contribution in [0.2, 0.25) is 0 Å². The maximum atomic E-state index is 12.8. The van der Waals surface area contributed by atoms with Crippen molar-refractivity contribution < 1.29 is 14.3 Å². The molecule has 0 aliphatic carbocycles. The van der Waals surface area contributed by atoms with Gasteiger partial charge in [-0.15, -0.1) is 0 Å². The summed E-state index contributed by atoms with van der Waals surface area (Å²) in [5.74, 6) is 1.23. The number of aromatic nitrogens is 2. The summed E-state index contributed by atoms with van der Waals surface area (Å²) in [6.45, 7) is 9.06. The number of amides is 1. The fraction of sp³-hybridized carbons (Fsp3) is 0.500. The molecule has 1 aromatic carbocycles. The van der Waals surface area contributed by atoms with E-state index in [-0.39, 0.29) is 5.91 Å². The third kappa shape index (κ3) is 4.24. The van der Waals surface area contributed by atoms with E-state index in [1.165, 1.54) is 5.56 Å². The fourth-order valence-corrected chi connectivity index (χ4v) is 3.38. The monoisotopic (exact) mass is 372 g/mol. The summed E-state index contributed by atoms with van der Waals surface area (Å²) in [6, 6.07) is 5.31. The maximum Gasteiger partial charge on any atom is 0.254 e. The van der Waals surface area contributed by atoms with Crippen molar-refractivity contribution in [3.8, 4) is 11.5 Å². The predicted octanol–water partition coefficient (Wildman–Crippen LogP) is 2.19. The minimum atomic E-state index is 0.0330. The zero-order valence-corrected chi connectivity index (χ0v) is 16.6. The van der Waals surface area contributed by atoms with E-state index in [2.05, 4.69) is 30.0 Å². The molecule has 1 saturated heterocycles. The van der Waals surface area contributed by atoms with Gasteiger partial charge in [0.15, 0.2) is 11.5 Å². The van der Waals surface area contributed by atoms with E-state index in [9.17, 15) is 4.79 Å². The van der Waals surface area contributed by atoms with Crippen LogP contribution in [0.4, 0.5) is 0 Å². The number of carbonyl (C=O) groups excluding carboxylic acids is 1. The molecule has 1 aliphatic heterocycles. The highest BCUT2D eigenvalue weighted by Gasteiger charge is 2.23. The number of aryl methyl sites for hydroxylation is 2. The van der Waals surface area contributed by atoms with Gasteiger partial charge in [0.1, 0.15) is 0 Å². The minimum absolute atomic E-state index is 0.0330. The van der Waals surface area contributed by atoms with Crippen LogP contribution < -0.4 is 9.47 Å². The Bertz CT molecular complexity index is 795. The Kier molecular flexibility index (Phi) is 6.01. The highest BCUT2D eigenvalue weighted by atomic mass is 16.5. The average molecular weight is 372 g/mol. The molecule has 3 rings (SSSR count). The lowest BCUT2D eigenvalue weighted by atomic mass is 10.1. The van der Waals surface area contributed by atoms with Crippen LogP contribution in [0.25, 0.3) is 0 Å². The maximum absolute atomic E-state index is 12.8. The average Bonchev–Trinajstić information content (AvgIpc) is 3.07. The quantitative estimate of drug-likeness (QED) is 0.778. The summed E-state index contributed by atoms with van der Waals surface area (Å²) in [7, 11) is 3.16. The third-order valence-electron chi connectivity index (χ3n) is 5.06. The molecule has 1 aliphatic rings. The van der Waals surface area contributed by atoms with Crippen molar-refractivity contribution in [2.45, 2.75) is 26.9 Å². The second-order valence-electron chi connectivity index (χ2n) is 6.73. The van der Waals surface area contributed by atoms with Crippen LogP contribution in [0.3, 0.4) is 0 Å². The molecule has 1 aromatic heterocycles. The lowest BCUT2D eigenvalue weighted by Crippen LogP contribution is -2.48. The van der Waals surface area contributed by atoms with E-state index in [1.54, 1.807) is 32.4 Å². The topological polar surface area (TPSA) is 59.8 Å². The van der Waals surface area contributed by atoms with Crippen molar-refractivity contribution in [2.24, 2.45) is 0 Å². The SMILES string of the molecule is CCn1cc(CN2CCN(C(=O)c3ccc(OC)c(OC)c3)CC2)c(C)n1. The van der Waals surface area contributed by atoms with Gasteiger partial charge in [0.25, 0.3) is 5.91 Å². The number of methoxy groups -OCH3 is 2. The summed E-state index contributed by atoms with van der Waals surface area (Å²) in [6.07, 6.45) is 2.12. The van der Waals surface area contributed by atoms with Crippen molar-refractivity contribution in [1.29, 1.82) is 0 Å². The van der Waals surface area contributed by atoms with E-state index >= 15 is 0 Å². The number of nitrogens with zero attached hydrogens (tertiary/aromatic N) is 4. The highest BCUT2D eigenvalue weighted by molar-refractivity contribution is 5.95. The van der Waals surface area contributed by atoms with Gasteiger partial charge in [0, 0.05) is 56.6 Å². The Balaban J connectivity index is 1.60. The zero-order chi connectivity index (χ0) is 19.4. The number of hydrogen-bond donors (Lipinski definition) is 0. The van der Waals surface area contributed by atoms with Crippen LogP contribution in [0.1, 0.15) is 28.5 Å². The van der Waals surface area contributed by atoms with Gasteiger partial charge in [-0.3, -0.25) is 14.4 Å². The Labute approximate surface area is 160 Å². The first-order chi connectivity index (χ1) is 13.0. The first kappa shape index (κ1) is 19.2.